The van der Waals surface area contributed by atoms with Gasteiger partial charge in [-0.3, -0.25) is 0 Å². The second-order valence-electron chi connectivity index (χ2n) is 14.5. The highest BCUT2D eigenvalue weighted by Crippen LogP contribution is 2.25. The Bertz CT molecular complexity index is 439. The van der Waals surface area contributed by atoms with Crippen LogP contribution in [-0.2, 0) is 0 Å². The van der Waals surface area contributed by atoms with Crippen molar-refractivity contribution in [3.63, 3.8) is 0 Å². The number of unbranched alkanes of at least 4 members (excludes halogenated alkanes) is 32. The molecule has 1 unspecified atom stereocenters. The fourth-order valence-corrected chi connectivity index (χ4v) is 7.08. The molecule has 0 fully saturated rings. The van der Waals surface area contributed by atoms with Crippen LogP contribution in [0.4, 0.5) is 0 Å². The first-order valence-electron chi connectivity index (χ1n) is 20.8. The zero-order valence-electron chi connectivity index (χ0n) is 30.4. The lowest BCUT2D eigenvalue weighted by Gasteiger charge is -2.17. The maximum atomic E-state index is 2.36. The highest BCUT2D eigenvalue weighted by molar-refractivity contribution is 4.62. The van der Waals surface area contributed by atoms with Crippen LogP contribution in [0, 0.1) is 5.92 Å². The summed E-state index contributed by atoms with van der Waals surface area (Å²) in [6.07, 6.45) is 56.3. The molecular formula is C42H86. The molecule has 0 radical (unpaired) electrons. The molecule has 0 N–H and O–H groups in total. The highest BCUT2D eigenvalue weighted by Gasteiger charge is 2.08. The van der Waals surface area contributed by atoms with Crippen LogP contribution < -0.4 is 0 Å². The van der Waals surface area contributed by atoms with E-state index < -0.39 is 0 Å². The van der Waals surface area contributed by atoms with Gasteiger partial charge in [0.15, 0.2) is 0 Å². The van der Waals surface area contributed by atoms with Gasteiger partial charge < -0.3 is 0 Å². The molecule has 0 saturated carbocycles. The number of hydrogen-bond donors (Lipinski definition) is 0. The van der Waals surface area contributed by atoms with E-state index in [4.69, 9.17) is 0 Å². The van der Waals surface area contributed by atoms with Crippen molar-refractivity contribution in [2.24, 2.45) is 5.92 Å². The summed E-state index contributed by atoms with van der Waals surface area (Å²) in [6, 6.07) is 0. The molecule has 0 aliphatic rings. The van der Waals surface area contributed by atoms with E-state index in [1.807, 2.05) is 0 Å². The van der Waals surface area contributed by atoms with Crippen LogP contribution in [0.5, 0.6) is 0 Å². The Morgan fingerprint density at radius 1 is 0.190 bits per heavy atom. The molecule has 0 saturated heterocycles. The van der Waals surface area contributed by atoms with E-state index in [2.05, 4.69) is 20.8 Å². The third kappa shape index (κ3) is 36.2. The minimum atomic E-state index is 1.04. The summed E-state index contributed by atoms with van der Waals surface area (Å²) in [6.45, 7) is 6.99. The summed E-state index contributed by atoms with van der Waals surface area (Å²) in [7, 11) is 0. The predicted molar refractivity (Wildman–Crippen MR) is 196 cm³/mol. The second kappa shape index (κ2) is 39.0. The smallest absolute Gasteiger partial charge is 0.0414 e. The molecule has 0 amide bonds. The zero-order chi connectivity index (χ0) is 30.4. The van der Waals surface area contributed by atoms with E-state index in [9.17, 15) is 0 Å². The summed E-state index contributed by atoms with van der Waals surface area (Å²) in [5.41, 5.74) is 0. The monoisotopic (exact) mass is 591 g/mol. The van der Waals surface area contributed by atoms with Crippen LogP contribution in [0.1, 0.15) is 265 Å². The van der Waals surface area contributed by atoms with Crippen LogP contribution in [0.15, 0.2) is 0 Å². The lowest BCUT2D eigenvalue weighted by molar-refractivity contribution is 0.367. The second-order valence-corrected chi connectivity index (χ2v) is 14.5. The largest absolute Gasteiger partial charge is 0.0654 e. The van der Waals surface area contributed by atoms with Crippen LogP contribution in [0.25, 0.3) is 0 Å². The lowest BCUT2D eigenvalue weighted by atomic mass is 9.89. The fourth-order valence-electron chi connectivity index (χ4n) is 7.08. The molecule has 254 valence electrons. The molecule has 0 nitrogen and oxygen atoms in total. The van der Waals surface area contributed by atoms with Gasteiger partial charge in [0.1, 0.15) is 0 Å². The first-order valence-corrected chi connectivity index (χ1v) is 20.8. The summed E-state index contributed by atoms with van der Waals surface area (Å²) in [4.78, 5) is 0. The van der Waals surface area contributed by atoms with Gasteiger partial charge in [-0.25, -0.2) is 0 Å². The van der Waals surface area contributed by atoms with Gasteiger partial charge in [0.25, 0.3) is 0 Å². The topological polar surface area (TPSA) is 0 Å². The van der Waals surface area contributed by atoms with Crippen molar-refractivity contribution in [1.29, 1.82) is 0 Å². The van der Waals surface area contributed by atoms with Gasteiger partial charge in [0.2, 0.25) is 0 Å². The molecule has 0 aliphatic carbocycles. The molecule has 0 aromatic carbocycles. The SMILES string of the molecule is CCCCCCCCCCCCCCCCCCCCCCC(CCCCC)CCCCCCCCCCCCCC. The van der Waals surface area contributed by atoms with Gasteiger partial charge in [-0.05, 0) is 5.92 Å². The molecule has 0 heteroatoms. The minimum absolute atomic E-state index is 1.04. The van der Waals surface area contributed by atoms with E-state index >= 15 is 0 Å². The maximum absolute atomic E-state index is 2.36. The molecule has 0 bridgehead atoms. The van der Waals surface area contributed by atoms with Crippen LogP contribution in [0.2, 0.25) is 0 Å². The summed E-state index contributed by atoms with van der Waals surface area (Å²) >= 11 is 0. The van der Waals surface area contributed by atoms with Gasteiger partial charge in [0.05, 0.1) is 0 Å². The Morgan fingerprint density at radius 2 is 0.333 bits per heavy atom. The van der Waals surface area contributed by atoms with Crippen LogP contribution >= 0.6 is 0 Å². The van der Waals surface area contributed by atoms with Gasteiger partial charge in [-0.15, -0.1) is 0 Å². The predicted octanol–water partition coefficient (Wildman–Crippen LogP) is 16.5. The molecule has 0 heterocycles. The van der Waals surface area contributed by atoms with Gasteiger partial charge >= 0.3 is 0 Å². The quantitative estimate of drug-likeness (QED) is 0.0627. The van der Waals surface area contributed by atoms with Crippen molar-refractivity contribution in [3.8, 4) is 0 Å². The standard InChI is InChI=1S/C42H86/c1-4-7-10-12-14-16-18-20-21-22-23-24-25-26-27-29-31-33-35-38-41-42(39-36-9-6-3)40-37-34-32-30-28-19-17-15-13-11-8-5-2/h42H,4-41H2,1-3H3. The van der Waals surface area contributed by atoms with E-state index in [1.165, 1.54) is 244 Å². The van der Waals surface area contributed by atoms with E-state index in [-0.39, 0.29) is 0 Å². The van der Waals surface area contributed by atoms with E-state index in [0.717, 1.165) is 5.92 Å². The average Bonchev–Trinajstić information content (AvgIpc) is 3.00. The zero-order valence-corrected chi connectivity index (χ0v) is 30.4. The van der Waals surface area contributed by atoms with Crippen LogP contribution in [-0.4, -0.2) is 0 Å². The van der Waals surface area contributed by atoms with Crippen molar-refractivity contribution in [2.45, 2.75) is 265 Å². The summed E-state index contributed by atoms with van der Waals surface area (Å²) < 4.78 is 0. The minimum Gasteiger partial charge on any atom is -0.0654 e. The Kier molecular flexibility index (Phi) is 39.0. The average molecular weight is 591 g/mol. The Balaban J connectivity index is 3.49. The maximum Gasteiger partial charge on any atom is -0.0414 e. The van der Waals surface area contributed by atoms with Crippen molar-refractivity contribution in [3.05, 3.63) is 0 Å². The van der Waals surface area contributed by atoms with Gasteiger partial charge in [-0.1, -0.05) is 265 Å². The Hall–Kier alpha value is 0. The van der Waals surface area contributed by atoms with E-state index in [1.54, 1.807) is 0 Å². The van der Waals surface area contributed by atoms with Gasteiger partial charge in [-0.2, -0.15) is 0 Å². The van der Waals surface area contributed by atoms with E-state index in [0.29, 0.717) is 0 Å². The first-order chi connectivity index (χ1) is 20.8. The lowest BCUT2D eigenvalue weighted by Crippen LogP contribution is -2.01. The molecule has 0 aromatic heterocycles. The van der Waals surface area contributed by atoms with Crippen molar-refractivity contribution >= 4 is 0 Å². The first kappa shape index (κ1) is 42.0. The molecule has 0 spiro atoms. The summed E-state index contributed by atoms with van der Waals surface area (Å²) in [5, 5.41) is 0. The van der Waals surface area contributed by atoms with Crippen molar-refractivity contribution in [1.82, 2.24) is 0 Å². The number of rotatable bonds is 38. The molecule has 1 atom stereocenters. The highest BCUT2D eigenvalue weighted by atomic mass is 14.1. The molecule has 0 rings (SSSR count). The molecule has 0 aromatic rings. The fraction of sp³-hybridized carbons (Fsp3) is 1.00. The van der Waals surface area contributed by atoms with Crippen molar-refractivity contribution in [2.75, 3.05) is 0 Å². The third-order valence-electron chi connectivity index (χ3n) is 10.1. The normalized spacial score (nSPS) is 12.4. The third-order valence-corrected chi connectivity index (χ3v) is 10.1. The summed E-state index contributed by atoms with van der Waals surface area (Å²) in [5.74, 6) is 1.04. The Morgan fingerprint density at radius 3 is 0.548 bits per heavy atom. The molecule has 0 aliphatic heterocycles. The molecular weight excluding hydrogens is 504 g/mol. The van der Waals surface area contributed by atoms with Crippen molar-refractivity contribution < 1.29 is 0 Å². The van der Waals surface area contributed by atoms with Crippen LogP contribution in [0.3, 0.4) is 0 Å². The Labute approximate surface area is 270 Å². The van der Waals surface area contributed by atoms with Gasteiger partial charge in [0, 0.05) is 0 Å². The molecule has 42 heavy (non-hydrogen) atoms. The number of hydrogen-bond acceptors (Lipinski definition) is 0.